The molecule has 0 aliphatic rings. The summed E-state index contributed by atoms with van der Waals surface area (Å²) in [6.45, 7) is 8.44. The van der Waals surface area contributed by atoms with Crippen LogP contribution in [0.5, 0.6) is 0 Å². The van der Waals surface area contributed by atoms with Gasteiger partial charge in [0, 0.05) is 18.2 Å². The van der Waals surface area contributed by atoms with E-state index in [1.165, 1.54) is 12.5 Å². The molecule has 0 radical (unpaired) electrons. The minimum absolute atomic E-state index is 0.0441. The van der Waals surface area contributed by atoms with Crippen molar-refractivity contribution in [3.8, 4) is 11.8 Å². The van der Waals surface area contributed by atoms with E-state index in [1.54, 1.807) is 0 Å². The molecule has 0 aromatic heterocycles. The van der Waals surface area contributed by atoms with Gasteiger partial charge in [-0.3, -0.25) is 4.79 Å². The summed E-state index contributed by atoms with van der Waals surface area (Å²) in [6, 6.07) is 8.63. The zero-order valence-electron chi connectivity index (χ0n) is 14.4. The first-order valence-electron chi connectivity index (χ1n) is 8.10. The van der Waals surface area contributed by atoms with Crippen LogP contribution in [0.2, 0.25) is 0 Å². The molecule has 0 amide bonds. The largest absolute Gasteiger partial charge is 0.374 e. The highest BCUT2D eigenvalue weighted by Crippen LogP contribution is 2.12. The van der Waals surface area contributed by atoms with Crippen molar-refractivity contribution in [3.63, 3.8) is 0 Å². The first-order chi connectivity index (χ1) is 11.1. The van der Waals surface area contributed by atoms with Crippen LogP contribution in [0, 0.1) is 11.8 Å². The SMILES string of the molecule is CCN[C@H](C)c1ccc(C#CCOCCCOCC(C)=O)cc1. The normalized spacial score (nSPS) is 11.6. The van der Waals surface area contributed by atoms with Crippen molar-refractivity contribution in [1.29, 1.82) is 0 Å². The van der Waals surface area contributed by atoms with Gasteiger partial charge in [0.25, 0.3) is 0 Å². The first kappa shape index (κ1) is 19.4. The lowest BCUT2D eigenvalue weighted by atomic mass is 10.1. The molecule has 1 aromatic carbocycles. The molecule has 4 heteroatoms. The van der Waals surface area contributed by atoms with E-state index in [9.17, 15) is 4.79 Å². The third-order valence-electron chi connectivity index (χ3n) is 3.21. The molecule has 23 heavy (non-hydrogen) atoms. The van der Waals surface area contributed by atoms with E-state index in [4.69, 9.17) is 9.47 Å². The molecule has 0 unspecified atom stereocenters. The van der Waals surface area contributed by atoms with Gasteiger partial charge >= 0.3 is 0 Å². The zero-order valence-corrected chi connectivity index (χ0v) is 14.4. The van der Waals surface area contributed by atoms with Gasteiger partial charge in [-0.1, -0.05) is 30.9 Å². The Morgan fingerprint density at radius 1 is 1.22 bits per heavy atom. The van der Waals surface area contributed by atoms with Gasteiger partial charge in [0.15, 0.2) is 5.78 Å². The summed E-state index contributed by atoms with van der Waals surface area (Å²) < 4.78 is 10.6. The highest BCUT2D eigenvalue weighted by molar-refractivity contribution is 5.76. The Labute approximate surface area is 139 Å². The number of hydrogen-bond donors (Lipinski definition) is 1. The summed E-state index contributed by atoms with van der Waals surface area (Å²) >= 11 is 0. The third-order valence-corrected chi connectivity index (χ3v) is 3.21. The minimum Gasteiger partial charge on any atom is -0.374 e. The summed E-state index contributed by atoms with van der Waals surface area (Å²) in [4.78, 5) is 10.7. The molecule has 0 aliphatic heterocycles. The average molecular weight is 317 g/mol. The molecule has 126 valence electrons. The molecule has 0 aliphatic carbocycles. The lowest BCUT2D eigenvalue weighted by molar-refractivity contribution is -0.121. The van der Waals surface area contributed by atoms with Crippen LogP contribution >= 0.6 is 0 Å². The monoisotopic (exact) mass is 317 g/mol. The van der Waals surface area contributed by atoms with E-state index in [-0.39, 0.29) is 12.4 Å². The molecule has 1 rings (SSSR count). The van der Waals surface area contributed by atoms with Crippen LogP contribution in [0.15, 0.2) is 24.3 Å². The van der Waals surface area contributed by atoms with E-state index in [1.807, 2.05) is 12.1 Å². The lowest BCUT2D eigenvalue weighted by Gasteiger charge is -2.12. The highest BCUT2D eigenvalue weighted by atomic mass is 16.5. The van der Waals surface area contributed by atoms with Gasteiger partial charge in [0.2, 0.25) is 0 Å². The van der Waals surface area contributed by atoms with Crippen molar-refractivity contribution in [2.24, 2.45) is 0 Å². The molecule has 1 aromatic rings. The number of ether oxygens (including phenoxy) is 2. The number of benzene rings is 1. The lowest BCUT2D eigenvalue weighted by Crippen LogP contribution is -2.17. The average Bonchev–Trinajstić information content (AvgIpc) is 2.54. The molecule has 4 nitrogen and oxygen atoms in total. The van der Waals surface area contributed by atoms with Gasteiger partial charge in [-0.2, -0.15) is 0 Å². The second kappa shape index (κ2) is 11.8. The highest BCUT2D eigenvalue weighted by Gasteiger charge is 2.01. The quantitative estimate of drug-likeness (QED) is 0.532. The summed E-state index contributed by atoms with van der Waals surface area (Å²) in [5.41, 5.74) is 2.25. The van der Waals surface area contributed by atoms with E-state index in [0.717, 1.165) is 18.5 Å². The number of nitrogens with one attached hydrogen (secondary N) is 1. The number of Topliss-reactive ketones (excluding diaryl/α,β-unsaturated/α-hetero) is 1. The molecule has 1 N–H and O–H groups in total. The molecule has 0 heterocycles. The van der Waals surface area contributed by atoms with Gasteiger partial charge in [0.05, 0.1) is 6.61 Å². The summed E-state index contributed by atoms with van der Waals surface area (Å²) in [7, 11) is 0. The minimum atomic E-state index is 0.0441. The molecule has 0 saturated carbocycles. The fraction of sp³-hybridized carbons (Fsp3) is 0.526. The molecule has 1 atom stereocenters. The van der Waals surface area contributed by atoms with Crippen LogP contribution in [0.1, 0.15) is 44.4 Å². The van der Waals surface area contributed by atoms with Crippen molar-refractivity contribution in [2.75, 3.05) is 33.0 Å². The predicted molar refractivity (Wildman–Crippen MR) is 92.3 cm³/mol. The van der Waals surface area contributed by atoms with Crippen LogP contribution in [0.4, 0.5) is 0 Å². The Morgan fingerprint density at radius 3 is 2.57 bits per heavy atom. The van der Waals surface area contributed by atoms with Crippen molar-refractivity contribution in [2.45, 2.75) is 33.2 Å². The zero-order chi connectivity index (χ0) is 16.9. The fourth-order valence-corrected chi connectivity index (χ4v) is 2.02. The van der Waals surface area contributed by atoms with Crippen LogP contribution in [0.3, 0.4) is 0 Å². The molecular weight excluding hydrogens is 290 g/mol. The predicted octanol–water partition coefficient (Wildman–Crippen LogP) is 2.72. The smallest absolute Gasteiger partial charge is 0.155 e. The Bertz CT molecular complexity index is 514. The second-order valence-electron chi connectivity index (χ2n) is 5.36. The number of carbonyl (C=O) groups is 1. The van der Waals surface area contributed by atoms with Crippen LogP contribution in [-0.4, -0.2) is 38.8 Å². The maximum absolute atomic E-state index is 10.7. The van der Waals surface area contributed by atoms with Crippen LogP contribution in [0.25, 0.3) is 0 Å². The standard InChI is InChI=1S/C19H27NO3/c1-4-20-17(3)19-10-8-18(9-11-19)7-5-12-22-13-6-14-23-15-16(2)21/h8-11,17,20H,4,6,12-15H2,1-3H3/t17-/m1/s1. The fourth-order valence-electron chi connectivity index (χ4n) is 2.02. The first-order valence-corrected chi connectivity index (χ1v) is 8.10. The Morgan fingerprint density at radius 2 is 1.91 bits per heavy atom. The van der Waals surface area contributed by atoms with Crippen molar-refractivity contribution < 1.29 is 14.3 Å². The van der Waals surface area contributed by atoms with Crippen molar-refractivity contribution in [3.05, 3.63) is 35.4 Å². The van der Waals surface area contributed by atoms with Gasteiger partial charge in [-0.05, 0) is 44.5 Å². The van der Waals surface area contributed by atoms with Crippen LogP contribution < -0.4 is 5.32 Å². The molecule has 0 saturated heterocycles. The van der Waals surface area contributed by atoms with Gasteiger partial charge in [-0.25, -0.2) is 0 Å². The summed E-state index contributed by atoms with van der Waals surface area (Å²) in [5, 5.41) is 3.38. The number of rotatable bonds is 10. The van der Waals surface area contributed by atoms with E-state index in [0.29, 0.717) is 25.9 Å². The van der Waals surface area contributed by atoms with Crippen molar-refractivity contribution >= 4 is 5.78 Å². The van der Waals surface area contributed by atoms with E-state index < -0.39 is 0 Å². The summed E-state index contributed by atoms with van der Waals surface area (Å²) in [6.07, 6.45) is 0.770. The van der Waals surface area contributed by atoms with E-state index >= 15 is 0 Å². The Kier molecular flexibility index (Phi) is 9.97. The van der Waals surface area contributed by atoms with Crippen LogP contribution in [-0.2, 0) is 14.3 Å². The maximum Gasteiger partial charge on any atom is 0.155 e. The summed E-state index contributed by atoms with van der Waals surface area (Å²) in [5.74, 6) is 6.13. The Balaban J connectivity index is 2.20. The van der Waals surface area contributed by atoms with Gasteiger partial charge in [-0.15, -0.1) is 0 Å². The second-order valence-corrected chi connectivity index (χ2v) is 5.36. The maximum atomic E-state index is 10.7. The molecule has 0 fully saturated rings. The van der Waals surface area contributed by atoms with Crippen molar-refractivity contribution in [1.82, 2.24) is 5.32 Å². The molecular formula is C19H27NO3. The van der Waals surface area contributed by atoms with E-state index in [2.05, 4.69) is 43.1 Å². The van der Waals surface area contributed by atoms with Gasteiger partial charge < -0.3 is 14.8 Å². The topological polar surface area (TPSA) is 47.6 Å². The Hall–Kier alpha value is -1.67. The molecule has 0 spiro atoms. The number of hydrogen-bond acceptors (Lipinski definition) is 4. The van der Waals surface area contributed by atoms with Gasteiger partial charge in [0.1, 0.15) is 13.2 Å². The number of carbonyl (C=O) groups excluding carboxylic acids is 1. The molecule has 0 bridgehead atoms. The third kappa shape index (κ3) is 9.14. The number of ketones is 1.